The van der Waals surface area contributed by atoms with Crippen LogP contribution in [-0.2, 0) is 9.59 Å². The number of hydrogen-bond donors (Lipinski definition) is 1. The number of benzene rings is 2. The molecule has 2 aliphatic rings. The highest BCUT2D eigenvalue weighted by molar-refractivity contribution is 9.10. The van der Waals surface area contributed by atoms with Gasteiger partial charge in [-0.15, -0.1) is 0 Å². The Morgan fingerprint density at radius 3 is 2.52 bits per heavy atom. The molecule has 5 rings (SSSR count). The van der Waals surface area contributed by atoms with Crippen LogP contribution in [0.1, 0.15) is 16.4 Å². The predicted octanol–water partition coefficient (Wildman–Crippen LogP) is 3.90. The van der Waals surface area contributed by atoms with E-state index in [0.29, 0.717) is 21.2 Å². The maximum absolute atomic E-state index is 13.5. The van der Waals surface area contributed by atoms with Crippen LogP contribution in [0.4, 0.5) is 11.4 Å². The molecule has 156 valence electrons. The number of rotatable bonds is 3. The lowest BCUT2D eigenvalue weighted by molar-refractivity contribution is -0.384. The molecule has 0 radical (unpaired) electrons. The summed E-state index contributed by atoms with van der Waals surface area (Å²) in [5, 5.41) is 11.1. The minimum Gasteiger partial charge on any atom is -0.307 e. The SMILES string of the molecule is O=C1C2Sc3[nH]c(=O)sc3C(c3cccc([N+](=O)[O-])c3)C2C(=O)N1c1ccc(Br)cc1. The van der Waals surface area contributed by atoms with E-state index in [2.05, 4.69) is 20.9 Å². The van der Waals surface area contributed by atoms with Gasteiger partial charge >= 0.3 is 4.87 Å². The van der Waals surface area contributed by atoms with E-state index in [1.807, 2.05) is 0 Å². The summed E-state index contributed by atoms with van der Waals surface area (Å²) in [7, 11) is 0. The first-order valence-corrected chi connectivity index (χ1v) is 11.6. The molecule has 1 aromatic heterocycles. The van der Waals surface area contributed by atoms with Crippen LogP contribution in [0.3, 0.4) is 0 Å². The van der Waals surface area contributed by atoms with Crippen molar-refractivity contribution in [3.05, 3.63) is 83.2 Å². The first-order chi connectivity index (χ1) is 14.8. The first-order valence-electron chi connectivity index (χ1n) is 9.12. The van der Waals surface area contributed by atoms with Gasteiger partial charge in [0.25, 0.3) is 5.69 Å². The second kappa shape index (κ2) is 7.43. The smallest absolute Gasteiger partial charge is 0.305 e. The number of nitro benzene ring substituents is 1. The van der Waals surface area contributed by atoms with Crippen LogP contribution in [0.15, 0.2) is 62.8 Å². The van der Waals surface area contributed by atoms with Crippen LogP contribution in [0.2, 0.25) is 0 Å². The Labute approximate surface area is 191 Å². The van der Waals surface area contributed by atoms with Crippen molar-refractivity contribution in [3.8, 4) is 0 Å². The van der Waals surface area contributed by atoms with E-state index in [-0.39, 0.29) is 22.4 Å². The third-order valence-corrected chi connectivity index (χ3v) is 8.28. The molecule has 1 fully saturated rings. The number of hydrogen-bond acceptors (Lipinski definition) is 7. The molecule has 2 amide bonds. The number of aromatic nitrogens is 1. The number of nitro groups is 1. The lowest BCUT2D eigenvalue weighted by Gasteiger charge is -2.29. The van der Waals surface area contributed by atoms with Gasteiger partial charge in [0, 0.05) is 27.4 Å². The molecule has 11 heteroatoms. The second-order valence-electron chi connectivity index (χ2n) is 7.09. The largest absolute Gasteiger partial charge is 0.307 e. The van der Waals surface area contributed by atoms with E-state index in [1.165, 1.54) is 28.8 Å². The minimum absolute atomic E-state index is 0.113. The summed E-state index contributed by atoms with van der Waals surface area (Å²) in [6.07, 6.45) is 0. The van der Waals surface area contributed by atoms with E-state index >= 15 is 0 Å². The number of aromatic amines is 1. The average molecular weight is 518 g/mol. The zero-order valence-corrected chi connectivity index (χ0v) is 18.7. The molecule has 3 aromatic rings. The number of thiazole rings is 1. The Balaban J connectivity index is 1.66. The number of imide groups is 1. The van der Waals surface area contributed by atoms with Gasteiger partial charge in [-0.25, -0.2) is 4.90 Å². The summed E-state index contributed by atoms with van der Waals surface area (Å²) in [5.41, 5.74) is 0.876. The molecule has 1 N–H and O–H groups in total. The van der Waals surface area contributed by atoms with Crippen molar-refractivity contribution in [2.24, 2.45) is 5.92 Å². The molecule has 3 atom stereocenters. The molecule has 0 saturated carbocycles. The lowest BCUT2D eigenvalue weighted by atomic mass is 9.83. The summed E-state index contributed by atoms with van der Waals surface area (Å²) in [6.45, 7) is 0. The molecule has 0 aliphatic carbocycles. The number of carbonyl (C=O) groups excluding carboxylic acids is 2. The summed E-state index contributed by atoms with van der Waals surface area (Å²) in [5.74, 6) is -2.16. The molecule has 1 saturated heterocycles. The fourth-order valence-corrected chi connectivity index (χ4v) is 6.83. The van der Waals surface area contributed by atoms with Crippen molar-refractivity contribution in [2.45, 2.75) is 16.2 Å². The summed E-state index contributed by atoms with van der Waals surface area (Å²) in [4.78, 5) is 53.9. The van der Waals surface area contributed by atoms with Crippen LogP contribution in [-0.4, -0.2) is 27.0 Å². The summed E-state index contributed by atoms with van der Waals surface area (Å²) >= 11 is 5.48. The fourth-order valence-electron chi connectivity index (χ4n) is 4.05. The van der Waals surface area contributed by atoms with E-state index in [1.54, 1.807) is 36.4 Å². The van der Waals surface area contributed by atoms with Crippen molar-refractivity contribution in [1.82, 2.24) is 4.98 Å². The van der Waals surface area contributed by atoms with Gasteiger partial charge in [-0.2, -0.15) is 0 Å². The molecule has 3 heterocycles. The quantitative estimate of drug-likeness (QED) is 0.320. The van der Waals surface area contributed by atoms with Crippen molar-refractivity contribution in [1.29, 1.82) is 0 Å². The minimum atomic E-state index is -0.776. The van der Waals surface area contributed by atoms with Gasteiger partial charge in [-0.1, -0.05) is 51.2 Å². The van der Waals surface area contributed by atoms with Crippen LogP contribution in [0, 0.1) is 16.0 Å². The number of halogens is 1. The molecule has 0 bridgehead atoms. The van der Waals surface area contributed by atoms with Crippen LogP contribution in [0.25, 0.3) is 0 Å². The number of anilines is 1. The third kappa shape index (κ3) is 3.24. The maximum Gasteiger partial charge on any atom is 0.305 e. The Hall–Kier alpha value is -2.76. The first kappa shape index (κ1) is 20.2. The number of fused-ring (bicyclic) bond motifs is 2. The Bertz CT molecular complexity index is 1300. The number of carbonyl (C=O) groups is 2. The van der Waals surface area contributed by atoms with E-state index in [4.69, 9.17) is 0 Å². The highest BCUT2D eigenvalue weighted by Gasteiger charge is 2.56. The molecule has 0 spiro atoms. The number of amides is 2. The highest BCUT2D eigenvalue weighted by atomic mass is 79.9. The zero-order chi connectivity index (χ0) is 21.9. The van der Waals surface area contributed by atoms with E-state index < -0.39 is 22.0 Å². The number of thioether (sulfide) groups is 1. The number of H-pyrrole nitrogens is 1. The predicted molar refractivity (Wildman–Crippen MR) is 120 cm³/mol. The molecule has 3 unspecified atom stereocenters. The van der Waals surface area contributed by atoms with Crippen molar-refractivity contribution in [3.63, 3.8) is 0 Å². The third-order valence-electron chi connectivity index (χ3n) is 5.35. The molecular weight excluding hydrogens is 506 g/mol. The summed E-state index contributed by atoms with van der Waals surface area (Å²) < 4.78 is 0.816. The number of non-ortho nitro benzene ring substituents is 1. The number of nitrogens with one attached hydrogen (secondary N) is 1. The summed E-state index contributed by atoms with van der Waals surface area (Å²) in [6, 6.07) is 12.9. The Morgan fingerprint density at radius 1 is 1.06 bits per heavy atom. The molecule has 2 aromatic carbocycles. The topological polar surface area (TPSA) is 113 Å². The fraction of sp³-hybridized carbons (Fsp3) is 0.150. The normalized spacial score (nSPS) is 22.4. The van der Waals surface area contributed by atoms with Gasteiger partial charge in [0.15, 0.2) is 0 Å². The standard InChI is InChI=1S/C20H12BrN3O5S2/c21-10-4-6-11(7-5-10)23-18(25)14-13(9-2-1-3-12(8-9)24(28)29)15-17(22-20(27)31-15)30-16(14)19(23)26/h1-8,13-14,16H,(H,22,27). The van der Waals surface area contributed by atoms with Gasteiger partial charge < -0.3 is 4.98 Å². The Morgan fingerprint density at radius 2 is 1.81 bits per heavy atom. The van der Waals surface area contributed by atoms with Crippen LogP contribution >= 0.6 is 39.0 Å². The van der Waals surface area contributed by atoms with Crippen LogP contribution < -0.4 is 9.77 Å². The van der Waals surface area contributed by atoms with Crippen molar-refractivity contribution in [2.75, 3.05) is 4.90 Å². The van der Waals surface area contributed by atoms with Gasteiger partial charge in [-0.3, -0.25) is 24.5 Å². The van der Waals surface area contributed by atoms with Gasteiger partial charge in [0.05, 0.1) is 21.6 Å². The second-order valence-corrected chi connectivity index (χ2v) is 10.2. The molecule has 8 nitrogen and oxygen atoms in total. The van der Waals surface area contributed by atoms with Gasteiger partial charge in [0.2, 0.25) is 11.8 Å². The number of nitrogens with zero attached hydrogens (tertiary/aromatic N) is 2. The van der Waals surface area contributed by atoms with Crippen molar-refractivity contribution < 1.29 is 14.5 Å². The highest BCUT2D eigenvalue weighted by Crippen LogP contribution is 2.53. The van der Waals surface area contributed by atoms with E-state index in [0.717, 1.165) is 15.8 Å². The van der Waals surface area contributed by atoms with Gasteiger partial charge in [0.1, 0.15) is 5.25 Å². The molecule has 31 heavy (non-hydrogen) atoms. The zero-order valence-electron chi connectivity index (χ0n) is 15.5. The maximum atomic E-state index is 13.5. The average Bonchev–Trinajstić information content (AvgIpc) is 3.24. The van der Waals surface area contributed by atoms with Crippen LogP contribution in [0.5, 0.6) is 0 Å². The molecule has 2 aliphatic heterocycles. The molecular formula is C20H12BrN3O5S2. The van der Waals surface area contributed by atoms with E-state index in [9.17, 15) is 24.5 Å². The lowest BCUT2D eigenvalue weighted by Crippen LogP contribution is -2.32. The monoisotopic (exact) mass is 517 g/mol. The van der Waals surface area contributed by atoms with Crippen molar-refractivity contribution >= 4 is 62.2 Å². The Kier molecular flexibility index (Phi) is 4.83. The van der Waals surface area contributed by atoms with Gasteiger partial charge in [-0.05, 0) is 29.8 Å².